The van der Waals surface area contributed by atoms with Crippen molar-refractivity contribution >= 4 is 21.8 Å². The molecule has 0 radical (unpaired) electrons. The third kappa shape index (κ3) is 3.20. The van der Waals surface area contributed by atoms with Gasteiger partial charge in [-0.3, -0.25) is 14.2 Å². The van der Waals surface area contributed by atoms with Crippen LogP contribution in [0.4, 0.5) is 0 Å². The van der Waals surface area contributed by atoms with Gasteiger partial charge in [0.25, 0.3) is 11.1 Å². The number of rotatable bonds is 4. The van der Waals surface area contributed by atoms with E-state index in [-0.39, 0.29) is 11.1 Å². The normalized spacial score (nSPS) is 11.2. The summed E-state index contributed by atoms with van der Waals surface area (Å²) in [5.41, 5.74) is 2.81. The number of aryl methyl sites for hydroxylation is 2. The van der Waals surface area contributed by atoms with E-state index >= 15 is 0 Å². The first-order valence-corrected chi connectivity index (χ1v) is 9.86. The van der Waals surface area contributed by atoms with Crippen molar-refractivity contribution in [2.45, 2.75) is 13.0 Å². The van der Waals surface area contributed by atoms with Crippen LogP contribution in [-0.2, 0) is 13.0 Å². The Bertz CT molecular complexity index is 1470. The van der Waals surface area contributed by atoms with Gasteiger partial charge in [0.1, 0.15) is 0 Å². The molecule has 0 unspecified atom stereocenters. The smallest absolute Gasteiger partial charge is 0.264 e. The standard InChI is InChI=1S/C25H19N3O2/c29-24-20-17-21-23(13-16-28(25(21)30)19-9-5-2-6-10-19)26-22(20)12-15-27(24)14-11-18-7-3-1-4-8-18/h1-10,12-13,15-17H,11,14H2. The van der Waals surface area contributed by atoms with Gasteiger partial charge in [-0.1, -0.05) is 48.5 Å². The summed E-state index contributed by atoms with van der Waals surface area (Å²) in [6.45, 7) is 0.569. The largest absolute Gasteiger partial charge is 0.315 e. The number of hydrogen-bond donors (Lipinski definition) is 0. The predicted octanol–water partition coefficient (Wildman–Crippen LogP) is 3.94. The van der Waals surface area contributed by atoms with Gasteiger partial charge >= 0.3 is 0 Å². The number of benzene rings is 2. The summed E-state index contributed by atoms with van der Waals surface area (Å²) in [5.74, 6) is 0. The fraction of sp³-hybridized carbons (Fsp3) is 0.0800. The van der Waals surface area contributed by atoms with Crippen LogP contribution in [0.3, 0.4) is 0 Å². The second-order valence-corrected chi connectivity index (χ2v) is 7.23. The first-order chi connectivity index (χ1) is 14.7. The van der Waals surface area contributed by atoms with E-state index in [1.165, 1.54) is 5.56 Å². The summed E-state index contributed by atoms with van der Waals surface area (Å²) in [4.78, 5) is 30.7. The lowest BCUT2D eigenvalue weighted by Crippen LogP contribution is -2.22. The molecule has 0 amide bonds. The van der Waals surface area contributed by atoms with Gasteiger partial charge in [0.05, 0.1) is 21.8 Å². The van der Waals surface area contributed by atoms with Crippen molar-refractivity contribution in [1.82, 2.24) is 14.1 Å². The van der Waals surface area contributed by atoms with E-state index in [2.05, 4.69) is 4.98 Å². The second-order valence-electron chi connectivity index (χ2n) is 7.23. The lowest BCUT2D eigenvalue weighted by molar-refractivity contribution is 0.675. The number of pyridine rings is 3. The van der Waals surface area contributed by atoms with Gasteiger partial charge in [0.15, 0.2) is 0 Å². The Morgan fingerprint density at radius 1 is 0.700 bits per heavy atom. The van der Waals surface area contributed by atoms with Crippen LogP contribution in [0.15, 0.2) is 101 Å². The third-order valence-corrected chi connectivity index (χ3v) is 5.33. The van der Waals surface area contributed by atoms with E-state index in [4.69, 9.17) is 0 Å². The number of aromatic nitrogens is 3. The third-order valence-electron chi connectivity index (χ3n) is 5.33. The number of hydrogen-bond acceptors (Lipinski definition) is 3. The van der Waals surface area contributed by atoms with Gasteiger partial charge in [-0.2, -0.15) is 0 Å². The Hall–Kier alpha value is -3.99. The molecule has 3 aromatic heterocycles. The molecule has 0 N–H and O–H groups in total. The SMILES string of the molecule is O=c1c2cc3c(=O)n(-c4ccccc4)ccc3nc2ccn1CCc1ccccc1. The quantitative estimate of drug-likeness (QED) is 0.435. The van der Waals surface area contributed by atoms with Gasteiger partial charge in [-0.05, 0) is 42.3 Å². The maximum Gasteiger partial charge on any atom is 0.264 e. The maximum atomic E-state index is 13.1. The molecule has 30 heavy (non-hydrogen) atoms. The highest BCUT2D eigenvalue weighted by Crippen LogP contribution is 2.16. The second kappa shape index (κ2) is 7.44. The molecule has 3 heterocycles. The summed E-state index contributed by atoms with van der Waals surface area (Å²) in [6.07, 6.45) is 4.26. The highest BCUT2D eigenvalue weighted by atomic mass is 16.1. The Balaban J connectivity index is 1.61. The van der Waals surface area contributed by atoms with Gasteiger partial charge in [0.2, 0.25) is 0 Å². The lowest BCUT2D eigenvalue weighted by atomic mass is 10.1. The zero-order chi connectivity index (χ0) is 20.5. The molecule has 0 aliphatic carbocycles. The van der Waals surface area contributed by atoms with E-state index < -0.39 is 0 Å². The molecule has 146 valence electrons. The first-order valence-electron chi connectivity index (χ1n) is 9.86. The van der Waals surface area contributed by atoms with Crippen molar-refractivity contribution in [1.29, 1.82) is 0 Å². The van der Waals surface area contributed by atoms with Crippen molar-refractivity contribution in [3.63, 3.8) is 0 Å². The van der Waals surface area contributed by atoms with E-state index in [1.54, 1.807) is 27.6 Å². The number of fused-ring (bicyclic) bond motifs is 2. The first kappa shape index (κ1) is 18.1. The van der Waals surface area contributed by atoms with Crippen molar-refractivity contribution in [3.8, 4) is 5.69 Å². The molecule has 0 bridgehead atoms. The Morgan fingerprint density at radius 3 is 2.07 bits per heavy atom. The molecule has 5 nitrogen and oxygen atoms in total. The molecule has 0 saturated carbocycles. The van der Waals surface area contributed by atoms with Gasteiger partial charge in [-0.25, -0.2) is 4.98 Å². The van der Waals surface area contributed by atoms with Crippen LogP contribution in [0.25, 0.3) is 27.5 Å². The maximum absolute atomic E-state index is 13.1. The van der Waals surface area contributed by atoms with Crippen LogP contribution in [0.5, 0.6) is 0 Å². The zero-order valence-electron chi connectivity index (χ0n) is 16.2. The van der Waals surface area contributed by atoms with Crippen molar-refractivity contribution < 1.29 is 0 Å². The molecule has 5 rings (SSSR count). The minimum absolute atomic E-state index is 0.132. The zero-order valence-corrected chi connectivity index (χ0v) is 16.2. The molecular formula is C25H19N3O2. The van der Waals surface area contributed by atoms with Crippen LogP contribution >= 0.6 is 0 Å². The van der Waals surface area contributed by atoms with Crippen molar-refractivity contribution in [2.24, 2.45) is 0 Å². The van der Waals surface area contributed by atoms with Crippen LogP contribution in [0.2, 0.25) is 0 Å². The van der Waals surface area contributed by atoms with Crippen molar-refractivity contribution in [2.75, 3.05) is 0 Å². The molecule has 0 aliphatic rings. The van der Waals surface area contributed by atoms with Crippen molar-refractivity contribution in [3.05, 3.63) is 118 Å². The van der Waals surface area contributed by atoms with E-state index in [1.807, 2.05) is 72.8 Å². The Kier molecular flexibility index (Phi) is 4.48. The molecule has 0 saturated heterocycles. The molecule has 2 aromatic carbocycles. The average molecular weight is 393 g/mol. The summed E-state index contributed by atoms with van der Waals surface area (Å²) in [5, 5.41) is 0.896. The highest BCUT2D eigenvalue weighted by Gasteiger charge is 2.10. The van der Waals surface area contributed by atoms with E-state index in [0.717, 1.165) is 12.1 Å². The average Bonchev–Trinajstić information content (AvgIpc) is 2.79. The summed E-state index contributed by atoms with van der Waals surface area (Å²) >= 11 is 0. The molecule has 5 aromatic rings. The Labute approximate surface area is 172 Å². The molecular weight excluding hydrogens is 374 g/mol. The highest BCUT2D eigenvalue weighted by molar-refractivity contribution is 5.91. The number of nitrogens with zero attached hydrogens (tertiary/aromatic N) is 3. The minimum atomic E-state index is -0.188. The summed E-state index contributed by atoms with van der Waals surface area (Å²) < 4.78 is 3.26. The van der Waals surface area contributed by atoms with Crippen LogP contribution in [0.1, 0.15) is 5.56 Å². The molecule has 0 atom stereocenters. The van der Waals surface area contributed by atoms with E-state index in [9.17, 15) is 9.59 Å². The topological polar surface area (TPSA) is 56.9 Å². The fourth-order valence-corrected chi connectivity index (χ4v) is 3.73. The monoisotopic (exact) mass is 393 g/mol. The molecule has 0 aliphatic heterocycles. The Morgan fingerprint density at radius 2 is 1.33 bits per heavy atom. The van der Waals surface area contributed by atoms with Crippen LogP contribution in [0, 0.1) is 0 Å². The van der Waals surface area contributed by atoms with Gasteiger partial charge in [0, 0.05) is 24.6 Å². The molecule has 5 heteroatoms. The minimum Gasteiger partial charge on any atom is -0.315 e. The lowest BCUT2D eigenvalue weighted by Gasteiger charge is -2.10. The fourth-order valence-electron chi connectivity index (χ4n) is 3.73. The van der Waals surface area contributed by atoms with E-state index in [0.29, 0.717) is 28.4 Å². The molecule has 0 spiro atoms. The van der Waals surface area contributed by atoms with Gasteiger partial charge < -0.3 is 4.57 Å². The predicted molar refractivity (Wildman–Crippen MR) is 119 cm³/mol. The van der Waals surface area contributed by atoms with Crippen LogP contribution in [-0.4, -0.2) is 14.1 Å². The summed E-state index contributed by atoms with van der Waals surface area (Å²) in [7, 11) is 0. The van der Waals surface area contributed by atoms with Gasteiger partial charge in [-0.15, -0.1) is 0 Å². The summed E-state index contributed by atoms with van der Waals surface area (Å²) in [6, 6.07) is 24.8. The molecule has 0 fully saturated rings. The van der Waals surface area contributed by atoms with Crippen LogP contribution < -0.4 is 11.1 Å². The number of para-hydroxylation sites is 1.